The highest BCUT2D eigenvalue weighted by Gasteiger charge is 2.36. The molecule has 0 fully saturated rings. The van der Waals surface area contributed by atoms with Crippen LogP contribution in [-0.2, 0) is 12.0 Å². The molecule has 1 aliphatic carbocycles. The van der Waals surface area contributed by atoms with Gasteiger partial charge in [0.15, 0.2) is 18.9 Å². The minimum atomic E-state index is -4.94. The minimum Gasteiger partial charge on any atom is -0.259 e. The highest BCUT2D eigenvalue weighted by Crippen LogP contribution is 2.35. The van der Waals surface area contributed by atoms with Gasteiger partial charge in [-0.3, -0.25) is 4.98 Å². The number of allylic oxidation sites excluding steroid dienone is 4. The topological polar surface area (TPSA) is 109 Å². The Morgan fingerprint density at radius 3 is 2.32 bits per heavy atom. The second-order valence-corrected chi connectivity index (χ2v) is 7.21. The summed E-state index contributed by atoms with van der Waals surface area (Å²) in [6.07, 6.45) is 16.0. The zero-order valence-electron chi connectivity index (χ0n) is 15.0. The molecule has 4 rings (SSSR count). The van der Waals surface area contributed by atoms with E-state index >= 15 is 0 Å². The molecule has 0 saturated heterocycles. The molecular weight excluding hydrogens is 380 g/mol. The van der Waals surface area contributed by atoms with E-state index in [1.54, 1.807) is 0 Å². The third-order valence-electron chi connectivity index (χ3n) is 4.53. The van der Waals surface area contributed by atoms with Crippen molar-refractivity contribution in [2.45, 2.75) is 18.4 Å². The molecule has 0 radical (unpaired) electrons. The lowest BCUT2D eigenvalue weighted by atomic mass is 9.76. The first kappa shape index (κ1) is 20.1. The molecule has 1 unspecified atom stereocenters. The van der Waals surface area contributed by atoms with Crippen LogP contribution in [0.2, 0.25) is 0 Å². The highest BCUT2D eigenvalue weighted by molar-refractivity contribution is 5.85. The van der Waals surface area contributed by atoms with Crippen LogP contribution in [0.25, 0.3) is 10.8 Å². The third kappa shape index (κ3) is 5.22. The summed E-state index contributed by atoms with van der Waals surface area (Å²) >= 11 is 0. The molecule has 0 amide bonds. The second-order valence-electron chi connectivity index (χ2n) is 6.45. The monoisotopic (exact) mass is 398 g/mol. The molecule has 2 aromatic heterocycles. The van der Waals surface area contributed by atoms with Crippen molar-refractivity contribution in [2.75, 3.05) is 0 Å². The molecule has 1 atom stereocenters. The van der Waals surface area contributed by atoms with E-state index in [2.05, 4.69) is 89.8 Å². The van der Waals surface area contributed by atoms with Gasteiger partial charge in [0.1, 0.15) is 0 Å². The van der Waals surface area contributed by atoms with Crippen molar-refractivity contribution >= 4 is 10.8 Å². The van der Waals surface area contributed by atoms with E-state index in [0.29, 0.717) is 0 Å². The molecule has 1 aliphatic rings. The quantitative estimate of drug-likeness (QED) is 0.538. The molecule has 144 valence electrons. The molecule has 0 spiro atoms. The van der Waals surface area contributed by atoms with Crippen LogP contribution in [-0.4, -0.2) is 4.98 Å². The van der Waals surface area contributed by atoms with E-state index < -0.39 is 10.2 Å². The van der Waals surface area contributed by atoms with Gasteiger partial charge in [-0.2, -0.15) is 0 Å². The smallest absolute Gasteiger partial charge is 0.168 e. The van der Waals surface area contributed by atoms with Crippen molar-refractivity contribution in [3.8, 4) is 0 Å². The van der Waals surface area contributed by atoms with Gasteiger partial charge in [0.2, 0.25) is 0 Å². The number of pyridine rings is 2. The fourth-order valence-electron chi connectivity index (χ4n) is 3.41. The number of halogens is 1. The molecule has 6 nitrogen and oxygen atoms in total. The summed E-state index contributed by atoms with van der Waals surface area (Å²) in [4.78, 5) is 4.80. The number of hydrogen-bond donors (Lipinski definition) is 0. The van der Waals surface area contributed by atoms with Gasteiger partial charge >= 0.3 is 0 Å². The molecule has 3 aromatic rings. The highest BCUT2D eigenvalue weighted by atomic mass is 35.7. The SMILES string of the molecule is C1=CCC(C[n+]2ccccc2)(c2nccc3ccccc23)C=C1.[O-][Cl+3]([O-])([O-])[O-]. The molecule has 7 heteroatoms. The third-order valence-corrected chi connectivity index (χ3v) is 4.53. The predicted octanol–water partition coefficient (Wildman–Crippen LogP) is -0.780. The number of benzene rings is 1. The lowest BCUT2D eigenvalue weighted by Gasteiger charge is -2.28. The Morgan fingerprint density at radius 2 is 1.64 bits per heavy atom. The summed E-state index contributed by atoms with van der Waals surface area (Å²) in [5.74, 6) is 0. The van der Waals surface area contributed by atoms with E-state index in [1.165, 1.54) is 10.8 Å². The molecule has 0 aliphatic heterocycles. The first-order chi connectivity index (χ1) is 13.4. The van der Waals surface area contributed by atoms with Crippen LogP contribution in [0.4, 0.5) is 0 Å². The summed E-state index contributed by atoms with van der Waals surface area (Å²) in [5, 5.41) is 2.49. The summed E-state index contributed by atoms with van der Waals surface area (Å²) in [6, 6.07) is 16.8. The molecule has 0 N–H and O–H groups in total. The second kappa shape index (κ2) is 8.60. The zero-order chi connectivity index (χ0) is 20.0. The van der Waals surface area contributed by atoms with Crippen LogP contribution < -0.4 is 23.2 Å². The van der Waals surface area contributed by atoms with Crippen molar-refractivity contribution in [1.29, 1.82) is 0 Å². The number of fused-ring (bicyclic) bond motifs is 1. The maximum Gasteiger partial charge on any atom is 0.168 e. The molecule has 1 aromatic carbocycles. The van der Waals surface area contributed by atoms with Crippen molar-refractivity contribution in [2.24, 2.45) is 0 Å². The number of nitrogens with zero attached hydrogens (tertiary/aromatic N) is 2. The summed E-state index contributed by atoms with van der Waals surface area (Å²) in [6.45, 7) is 0.885. The minimum absolute atomic E-state index is 0.109. The van der Waals surface area contributed by atoms with Crippen molar-refractivity contribution in [3.63, 3.8) is 0 Å². The maximum atomic E-state index is 8.49. The Kier molecular flexibility index (Phi) is 6.18. The van der Waals surface area contributed by atoms with Crippen LogP contribution in [0.15, 0.2) is 91.4 Å². The maximum absolute atomic E-state index is 8.49. The normalized spacial score (nSPS) is 18.6. The van der Waals surface area contributed by atoms with Crippen molar-refractivity contribution in [3.05, 3.63) is 97.1 Å². The number of hydrogen-bond acceptors (Lipinski definition) is 5. The Hall–Kier alpha value is -2.61. The van der Waals surface area contributed by atoms with Gasteiger partial charge in [0.25, 0.3) is 0 Å². The molecule has 28 heavy (non-hydrogen) atoms. The van der Waals surface area contributed by atoms with Gasteiger partial charge in [0.05, 0.1) is 11.1 Å². The lowest BCUT2D eigenvalue weighted by Crippen LogP contribution is -2.68. The van der Waals surface area contributed by atoms with Gasteiger partial charge in [-0.15, -0.1) is 10.2 Å². The van der Waals surface area contributed by atoms with Gasteiger partial charge in [-0.25, -0.2) is 23.2 Å². The fourth-order valence-corrected chi connectivity index (χ4v) is 3.41. The summed E-state index contributed by atoms with van der Waals surface area (Å²) in [7, 11) is -4.94. The Labute approximate surface area is 165 Å². The standard InChI is InChI=1S/C21H19N2.ClHO4/c1-5-12-21(13-6-1,17-23-15-7-2-8-16-23)20-19-10-4-3-9-18(19)11-14-22-20;2-1(3,4)5/h1-12,14-16H,13,17H2;(H,2,3,4,5)/q+1;/p-1. The van der Waals surface area contributed by atoms with E-state index in [4.69, 9.17) is 23.6 Å². The largest absolute Gasteiger partial charge is 0.259 e. The van der Waals surface area contributed by atoms with Crippen molar-refractivity contribution < 1.29 is 33.4 Å². The van der Waals surface area contributed by atoms with Gasteiger partial charge in [-0.1, -0.05) is 54.6 Å². The number of aromatic nitrogens is 2. The van der Waals surface area contributed by atoms with Crippen LogP contribution in [0.1, 0.15) is 12.1 Å². The van der Waals surface area contributed by atoms with Gasteiger partial charge < -0.3 is 0 Å². The van der Waals surface area contributed by atoms with Crippen molar-refractivity contribution in [1.82, 2.24) is 4.98 Å². The predicted molar refractivity (Wildman–Crippen MR) is 93.0 cm³/mol. The fraction of sp³-hybridized carbons (Fsp3) is 0.143. The molecule has 2 heterocycles. The first-order valence-corrected chi connectivity index (χ1v) is 9.85. The average Bonchev–Trinajstić information content (AvgIpc) is 2.68. The van der Waals surface area contributed by atoms with E-state index in [9.17, 15) is 0 Å². The first-order valence-electron chi connectivity index (χ1n) is 8.62. The number of rotatable bonds is 3. The molecule has 0 saturated carbocycles. The van der Waals surface area contributed by atoms with Crippen LogP contribution in [0, 0.1) is 10.2 Å². The lowest BCUT2D eigenvalue weighted by molar-refractivity contribution is -2.00. The summed E-state index contributed by atoms with van der Waals surface area (Å²) < 4.78 is 36.2. The molecular formula is C21H19ClN2O4. The average molecular weight is 399 g/mol. The van der Waals surface area contributed by atoms with Gasteiger partial charge in [-0.05, 0) is 17.9 Å². The zero-order valence-corrected chi connectivity index (χ0v) is 15.7. The van der Waals surface area contributed by atoms with E-state index in [-0.39, 0.29) is 5.41 Å². The Balaban J connectivity index is 0.000000403. The summed E-state index contributed by atoms with van der Waals surface area (Å²) in [5.41, 5.74) is 1.05. The van der Waals surface area contributed by atoms with E-state index in [1.807, 2.05) is 6.20 Å². The van der Waals surface area contributed by atoms with Crippen LogP contribution >= 0.6 is 0 Å². The van der Waals surface area contributed by atoms with E-state index in [0.717, 1.165) is 18.7 Å². The van der Waals surface area contributed by atoms with Crippen LogP contribution in [0.5, 0.6) is 0 Å². The van der Waals surface area contributed by atoms with Gasteiger partial charge in [0, 0.05) is 23.7 Å². The molecule has 0 bridgehead atoms. The Bertz CT molecular complexity index is 975. The van der Waals surface area contributed by atoms with Crippen LogP contribution in [0.3, 0.4) is 0 Å². The Morgan fingerprint density at radius 1 is 0.929 bits per heavy atom.